The maximum Gasteiger partial charge on any atom is 0.279 e. The molecular formula is C18H30N2O3S2. The lowest BCUT2D eigenvalue weighted by Crippen LogP contribution is -2.32. The summed E-state index contributed by atoms with van der Waals surface area (Å²) in [6.45, 7) is 4.21. The maximum absolute atomic E-state index is 12.3. The van der Waals surface area contributed by atoms with Crippen molar-refractivity contribution in [2.24, 2.45) is 0 Å². The van der Waals surface area contributed by atoms with E-state index in [4.69, 9.17) is 0 Å². The van der Waals surface area contributed by atoms with E-state index >= 15 is 0 Å². The lowest BCUT2D eigenvalue weighted by atomic mass is 10.1. The van der Waals surface area contributed by atoms with E-state index in [2.05, 4.69) is 16.0 Å². The molecule has 0 radical (unpaired) electrons. The van der Waals surface area contributed by atoms with Gasteiger partial charge in [-0.15, -0.1) is 0 Å². The van der Waals surface area contributed by atoms with Gasteiger partial charge < -0.3 is 9.45 Å². The van der Waals surface area contributed by atoms with Crippen molar-refractivity contribution in [2.75, 3.05) is 23.7 Å². The Morgan fingerprint density at radius 1 is 1.04 bits per heavy atom. The van der Waals surface area contributed by atoms with Crippen molar-refractivity contribution in [3.8, 4) is 0 Å². The third-order valence-electron chi connectivity index (χ3n) is 4.50. The fraction of sp³-hybridized carbons (Fsp3) is 0.667. The molecule has 0 aliphatic carbocycles. The van der Waals surface area contributed by atoms with Crippen molar-refractivity contribution in [3.63, 3.8) is 0 Å². The Kier molecular flexibility index (Phi) is 8.55. The normalized spacial score (nSPS) is 16.3. The van der Waals surface area contributed by atoms with Crippen LogP contribution in [-0.4, -0.2) is 31.8 Å². The van der Waals surface area contributed by atoms with Gasteiger partial charge in [0.15, 0.2) is 0 Å². The van der Waals surface area contributed by atoms with Crippen molar-refractivity contribution < 1.29 is 13.0 Å². The quantitative estimate of drug-likeness (QED) is 0.466. The van der Waals surface area contributed by atoms with Crippen LogP contribution in [0.15, 0.2) is 29.2 Å². The number of hydrogen-bond acceptors (Lipinski definition) is 4. The summed E-state index contributed by atoms with van der Waals surface area (Å²) in [6.07, 6.45) is 8.88. The Morgan fingerprint density at radius 3 is 2.28 bits per heavy atom. The van der Waals surface area contributed by atoms with E-state index in [1.54, 1.807) is 12.1 Å². The molecule has 1 unspecified atom stereocenters. The SMILES string of the molecule is CCCCCCCC[S+]([O-])NS(=O)(=O)c1ccc(N2CCCC2)cc1. The van der Waals surface area contributed by atoms with Gasteiger partial charge in [0.25, 0.3) is 10.0 Å². The van der Waals surface area contributed by atoms with E-state index in [-0.39, 0.29) is 4.90 Å². The summed E-state index contributed by atoms with van der Waals surface area (Å²) in [4.78, 5) is 2.42. The van der Waals surface area contributed by atoms with Crippen LogP contribution in [0.25, 0.3) is 0 Å². The smallest absolute Gasteiger partial charge is 0.279 e. The minimum atomic E-state index is -3.72. The number of nitrogens with zero attached hydrogens (tertiary/aromatic N) is 1. The first kappa shape index (κ1) is 20.6. The van der Waals surface area contributed by atoms with Crippen molar-refractivity contribution in [1.82, 2.24) is 4.13 Å². The summed E-state index contributed by atoms with van der Waals surface area (Å²) >= 11 is -1.55. The fourth-order valence-corrected chi connectivity index (χ4v) is 5.69. The second-order valence-electron chi connectivity index (χ2n) is 6.59. The molecule has 1 saturated heterocycles. The maximum atomic E-state index is 12.3. The molecule has 1 heterocycles. The van der Waals surface area contributed by atoms with Gasteiger partial charge in [-0.05, 0) is 54.1 Å². The van der Waals surface area contributed by atoms with Crippen LogP contribution in [0.5, 0.6) is 0 Å². The molecular weight excluding hydrogens is 356 g/mol. The Labute approximate surface area is 155 Å². The van der Waals surface area contributed by atoms with Crippen LogP contribution in [0.1, 0.15) is 58.3 Å². The van der Waals surface area contributed by atoms with E-state index < -0.39 is 21.4 Å². The number of benzene rings is 1. The number of hydrogen-bond donors (Lipinski definition) is 1. The predicted molar refractivity (Wildman–Crippen MR) is 105 cm³/mol. The van der Waals surface area contributed by atoms with Gasteiger partial charge in [-0.3, -0.25) is 0 Å². The molecule has 7 heteroatoms. The third-order valence-corrected chi connectivity index (χ3v) is 7.68. The van der Waals surface area contributed by atoms with E-state index in [0.717, 1.165) is 38.0 Å². The van der Waals surface area contributed by atoms with Gasteiger partial charge in [-0.25, -0.2) is 8.42 Å². The molecule has 1 aromatic carbocycles. The summed E-state index contributed by atoms with van der Waals surface area (Å²) in [5, 5.41) is 0. The van der Waals surface area contributed by atoms with E-state index in [1.807, 2.05) is 12.1 Å². The highest BCUT2D eigenvalue weighted by atomic mass is 32.3. The topological polar surface area (TPSA) is 72.5 Å². The first-order chi connectivity index (χ1) is 12.0. The minimum absolute atomic E-state index is 0.173. The van der Waals surface area contributed by atoms with Gasteiger partial charge in [-0.2, -0.15) is 0 Å². The van der Waals surface area contributed by atoms with Crippen molar-refractivity contribution in [2.45, 2.75) is 63.2 Å². The highest BCUT2D eigenvalue weighted by molar-refractivity contribution is 8.04. The van der Waals surface area contributed by atoms with Crippen molar-refractivity contribution >= 4 is 27.1 Å². The van der Waals surface area contributed by atoms with Gasteiger partial charge in [0.2, 0.25) is 0 Å². The zero-order chi connectivity index (χ0) is 18.1. The van der Waals surface area contributed by atoms with Crippen LogP contribution in [0.2, 0.25) is 0 Å². The molecule has 2 rings (SSSR count). The zero-order valence-electron chi connectivity index (χ0n) is 15.1. The van der Waals surface area contributed by atoms with Gasteiger partial charge in [0.05, 0.1) is 16.3 Å². The molecule has 1 N–H and O–H groups in total. The lowest BCUT2D eigenvalue weighted by molar-refractivity contribution is 0.569. The van der Waals surface area contributed by atoms with Crippen LogP contribution in [-0.2, 0) is 21.4 Å². The number of sulfonamides is 1. The second-order valence-corrected chi connectivity index (χ2v) is 9.84. The van der Waals surface area contributed by atoms with Gasteiger partial charge >= 0.3 is 0 Å². The Morgan fingerprint density at radius 2 is 1.64 bits per heavy atom. The van der Waals surface area contributed by atoms with Crippen LogP contribution >= 0.6 is 0 Å². The number of nitrogens with one attached hydrogen (secondary N) is 1. The number of unbranched alkanes of at least 4 members (excludes halogenated alkanes) is 5. The summed E-state index contributed by atoms with van der Waals surface area (Å²) in [5.41, 5.74) is 1.05. The van der Waals surface area contributed by atoms with Gasteiger partial charge in [0, 0.05) is 18.8 Å². The highest BCUT2D eigenvalue weighted by Crippen LogP contribution is 2.22. The largest absolute Gasteiger partial charge is 0.597 e. The summed E-state index contributed by atoms with van der Waals surface area (Å²) in [5.74, 6) is 0.372. The van der Waals surface area contributed by atoms with Crippen LogP contribution in [0.3, 0.4) is 0 Å². The summed E-state index contributed by atoms with van der Waals surface area (Å²) in [6, 6.07) is 6.85. The molecule has 0 bridgehead atoms. The van der Waals surface area contributed by atoms with Crippen molar-refractivity contribution in [3.05, 3.63) is 24.3 Å². The Balaban J connectivity index is 1.79. The molecule has 1 fully saturated rings. The molecule has 0 saturated carbocycles. The standard InChI is InChI=1S/C18H30N2O3S2/c1-2-3-4-5-6-9-16-24(21)19-25(22,23)18-12-10-17(11-13-18)20-14-7-8-15-20/h10-13,19H,2-9,14-16H2,1H3. The second kappa shape index (κ2) is 10.4. The van der Waals surface area contributed by atoms with E-state index in [0.29, 0.717) is 5.75 Å². The van der Waals surface area contributed by atoms with Crippen molar-refractivity contribution in [1.29, 1.82) is 0 Å². The highest BCUT2D eigenvalue weighted by Gasteiger charge is 2.22. The molecule has 1 aliphatic rings. The first-order valence-electron chi connectivity index (χ1n) is 9.29. The number of rotatable bonds is 11. The zero-order valence-corrected chi connectivity index (χ0v) is 16.7. The lowest BCUT2D eigenvalue weighted by Gasteiger charge is -2.18. The third kappa shape index (κ3) is 6.81. The molecule has 5 nitrogen and oxygen atoms in total. The van der Waals surface area contributed by atoms with Crippen LogP contribution < -0.4 is 9.03 Å². The summed E-state index contributed by atoms with van der Waals surface area (Å²) < 4.78 is 39.0. The average molecular weight is 387 g/mol. The predicted octanol–water partition coefficient (Wildman–Crippen LogP) is 3.59. The Bertz CT molecular complexity index is 599. The molecule has 25 heavy (non-hydrogen) atoms. The van der Waals surface area contributed by atoms with Gasteiger partial charge in [-0.1, -0.05) is 32.6 Å². The molecule has 0 spiro atoms. The van der Waals surface area contributed by atoms with Crippen LogP contribution in [0.4, 0.5) is 5.69 Å². The molecule has 0 amide bonds. The molecule has 142 valence electrons. The average Bonchev–Trinajstić information content (AvgIpc) is 3.12. The molecule has 1 atom stereocenters. The van der Waals surface area contributed by atoms with E-state index in [1.165, 1.54) is 32.1 Å². The molecule has 1 aliphatic heterocycles. The monoisotopic (exact) mass is 386 g/mol. The van der Waals surface area contributed by atoms with E-state index in [9.17, 15) is 13.0 Å². The number of anilines is 1. The minimum Gasteiger partial charge on any atom is -0.597 e. The first-order valence-corrected chi connectivity index (χ1v) is 12.1. The molecule has 0 aromatic heterocycles. The summed E-state index contributed by atoms with van der Waals surface area (Å²) in [7, 11) is -3.72. The fourth-order valence-electron chi connectivity index (χ4n) is 3.04. The molecule has 1 aromatic rings. The van der Waals surface area contributed by atoms with Gasteiger partial charge in [0.1, 0.15) is 5.75 Å². The Hall–Kier alpha value is -0.760. The van der Waals surface area contributed by atoms with Crippen LogP contribution in [0, 0.1) is 0 Å².